The summed E-state index contributed by atoms with van der Waals surface area (Å²) in [7, 11) is 0. The fourth-order valence-electron chi connectivity index (χ4n) is 5.71. The number of halogens is 2. The molecule has 2 N–H and O–H groups in total. The molecule has 5 rings (SSSR count). The number of ether oxygens (including phenoxy) is 1. The first-order valence-corrected chi connectivity index (χ1v) is 10.4. The number of esters is 1. The molecule has 4 fully saturated rings. The molecule has 2 amide bonds. The molecule has 0 atom stereocenters. The van der Waals surface area contributed by atoms with E-state index in [1.807, 2.05) is 0 Å². The van der Waals surface area contributed by atoms with Crippen molar-refractivity contribution in [2.75, 3.05) is 18.5 Å². The van der Waals surface area contributed by atoms with Gasteiger partial charge in [0.25, 0.3) is 5.91 Å². The van der Waals surface area contributed by atoms with Crippen molar-refractivity contribution in [1.29, 1.82) is 0 Å². The van der Waals surface area contributed by atoms with Gasteiger partial charge in [0.15, 0.2) is 6.61 Å². The number of hydrogen-bond donors (Lipinski definition) is 2. The lowest BCUT2D eigenvalue weighted by Gasteiger charge is -2.55. The molecule has 8 heteroatoms. The zero-order chi connectivity index (χ0) is 20.6. The van der Waals surface area contributed by atoms with Crippen molar-refractivity contribution in [1.82, 2.24) is 5.32 Å². The van der Waals surface area contributed by atoms with Gasteiger partial charge in [-0.15, -0.1) is 0 Å². The molecule has 6 nitrogen and oxygen atoms in total. The lowest BCUT2D eigenvalue weighted by atomic mass is 9.49. The van der Waals surface area contributed by atoms with Crippen molar-refractivity contribution in [2.45, 2.75) is 38.5 Å². The molecule has 29 heavy (non-hydrogen) atoms. The van der Waals surface area contributed by atoms with E-state index in [0.717, 1.165) is 25.3 Å². The molecule has 0 aliphatic heterocycles. The minimum atomic E-state index is -0.704. The van der Waals surface area contributed by atoms with Crippen molar-refractivity contribution in [3.63, 3.8) is 0 Å². The van der Waals surface area contributed by atoms with Crippen molar-refractivity contribution in [2.24, 2.45) is 23.2 Å². The normalized spacial score (nSPS) is 29.4. The first-order valence-electron chi connectivity index (χ1n) is 10.0. The number of carbonyl (C=O) groups is 3. The van der Waals surface area contributed by atoms with Crippen LogP contribution in [0.4, 0.5) is 10.1 Å². The fraction of sp³-hybridized carbons (Fsp3) is 0.571. The van der Waals surface area contributed by atoms with Crippen LogP contribution in [-0.4, -0.2) is 30.9 Å². The van der Waals surface area contributed by atoms with Crippen molar-refractivity contribution >= 4 is 35.1 Å². The Morgan fingerprint density at radius 3 is 2.34 bits per heavy atom. The van der Waals surface area contributed by atoms with Gasteiger partial charge in [0.05, 0.1) is 5.69 Å². The highest BCUT2D eigenvalue weighted by molar-refractivity contribution is 6.30. The Balaban J connectivity index is 1.23. The van der Waals surface area contributed by atoms with Crippen LogP contribution in [0.5, 0.6) is 0 Å². The van der Waals surface area contributed by atoms with E-state index in [1.165, 1.54) is 31.4 Å². The van der Waals surface area contributed by atoms with E-state index in [2.05, 4.69) is 10.6 Å². The topological polar surface area (TPSA) is 84.5 Å². The average Bonchev–Trinajstić information content (AvgIpc) is 2.66. The summed E-state index contributed by atoms with van der Waals surface area (Å²) in [5, 5.41) is 5.27. The molecule has 0 aromatic heterocycles. The second-order valence-corrected chi connectivity index (χ2v) is 9.15. The highest BCUT2D eigenvalue weighted by Gasteiger charge is 2.54. The summed E-state index contributed by atoms with van der Waals surface area (Å²) in [4.78, 5) is 36.6. The monoisotopic (exact) mass is 422 g/mol. The Kier molecular flexibility index (Phi) is 5.51. The summed E-state index contributed by atoms with van der Waals surface area (Å²) >= 11 is 5.77. The molecule has 156 valence electrons. The van der Waals surface area contributed by atoms with Crippen LogP contribution in [0.2, 0.25) is 5.02 Å². The predicted molar refractivity (Wildman–Crippen MR) is 105 cm³/mol. The van der Waals surface area contributed by atoms with Crippen LogP contribution in [0.1, 0.15) is 38.5 Å². The second-order valence-electron chi connectivity index (χ2n) is 8.71. The quantitative estimate of drug-likeness (QED) is 0.689. The molecule has 4 bridgehead atoms. The number of carbonyl (C=O) groups excluding carboxylic acids is 3. The standard InChI is InChI=1S/C21H24ClFN2O4/c22-15-1-2-16(23)17(6-15)25-18(26)11-29-19(27)10-24-20(28)21-7-12-3-13(8-21)5-14(4-12)9-21/h1-2,6,12-14H,3-5,7-11H2,(H,24,28)(H,25,26). The molecule has 4 aliphatic rings. The number of rotatable bonds is 6. The smallest absolute Gasteiger partial charge is 0.325 e. The second kappa shape index (κ2) is 7.94. The third-order valence-corrected chi connectivity index (χ3v) is 6.72. The van der Waals surface area contributed by atoms with Gasteiger partial charge in [-0.05, 0) is 74.5 Å². The summed E-state index contributed by atoms with van der Waals surface area (Å²) < 4.78 is 18.5. The third-order valence-electron chi connectivity index (χ3n) is 6.48. The van der Waals surface area contributed by atoms with Crippen molar-refractivity contribution < 1.29 is 23.5 Å². The molecule has 1 aromatic rings. The van der Waals surface area contributed by atoms with E-state index < -0.39 is 24.3 Å². The Morgan fingerprint density at radius 1 is 1.10 bits per heavy atom. The van der Waals surface area contributed by atoms with Gasteiger partial charge in [-0.1, -0.05) is 11.6 Å². The summed E-state index contributed by atoms with van der Waals surface area (Å²) in [6.45, 7) is -0.850. The summed E-state index contributed by atoms with van der Waals surface area (Å²) in [5.41, 5.74) is -0.426. The van der Waals surface area contributed by atoms with Gasteiger partial charge in [-0.2, -0.15) is 0 Å². The summed E-state index contributed by atoms with van der Waals surface area (Å²) in [5.74, 6) is -0.203. The van der Waals surface area contributed by atoms with Crippen LogP contribution in [-0.2, 0) is 19.1 Å². The van der Waals surface area contributed by atoms with Gasteiger partial charge in [-0.25, -0.2) is 4.39 Å². The Labute approximate surface area is 173 Å². The van der Waals surface area contributed by atoms with Crippen LogP contribution in [0.25, 0.3) is 0 Å². The molecule has 4 saturated carbocycles. The average molecular weight is 423 g/mol. The van der Waals surface area contributed by atoms with Gasteiger partial charge >= 0.3 is 5.97 Å². The van der Waals surface area contributed by atoms with Gasteiger partial charge in [0, 0.05) is 10.4 Å². The van der Waals surface area contributed by atoms with E-state index in [9.17, 15) is 18.8 Å². The van der Waals surface area contributed by atoms with Gasteiger partial charge in [0.2, 0.25) is 5.91 Å². The summed E-state index contributed by atoms with van der Waals surface area (Å²) in [6.07, 6.45) is 6.43. The molecule has 0 heterocycles. The largest absolute Gasteiger partial charge is 0.454 e. The lowest BCUT2D eigenvalue weighted by molar-refractivity contribution is -0.152. The van der Waals surface area contributed by atoms with Gasteiger partial charge in [0.1, 0.15) is 12.4 Å². The number of benzene rings is 1. The fourth-order valence-corrected chi connectivity index (χ4v) is 5.88. The first kappa shape index (κ1) is 20.1. The molecule has 0 unspecified atom stereocenters. The number of nitrogens with one attached hydrogen (secondary N) is 2. The lowest BCUT2D eigenvalue weighted by Crippen LogP contribution is -2.54. The zero-order valence-electron chi connectivity index (χ0n) is 16.0. The van der Waals surface area contributed by atoms with Gasteiger partial charge in [-0.3, -0.25) is 14.4 Å². The highest BCUT2D eigenvalue weighted by atomic mass is 35.5. The molecule has 4 aliphatic carbocycles. The number of anilines is 1. The van der Waals surface area contributed by atoms with Crippen molar-refractivity contribution in [3.8, 4) is 0 Å². The minimum absolute atomic E-state index is 0.0704. The van der Waals surface area contributed by atoms with E-state index in [0.29, 0.717) is 17.8 Å². The molecule has 0 spiro atoms. The molecular weight excluding hydrogens is 399 g/mol. The SMILES string of the molecule is O=C(COC(=O)CNC(=O)C12CC3CC(CC(C3)C1)C2)Nc1cc(Cl)ccc1F. The van der Waals surface area contributed by atoms with Crippen LogP contribution in [0.15, 0.2) is 18.2 Å². The van der Waals surface area contributed by atoms with Crippen LogP contribution in [0.3, 0.4) is 0 Å². The maximum absolute atomic E-state index is 13.6. The first-order chi connectivity index (χ1) is 13.8. The maximum atomic E-state index is 13.6. The number of amides is 2. The molecular formula is C21H24ClFN2O4. The predicted octanol–water partition coefficient (Wildman–Crippen LogP) is 3.29. The third kappa shape index (κ3) is 4.39. The Morgan fingerprint density at radius 2 is 1.72 bits per heavy atom. The Hall–Kier alpha value is -2.15. The van der Waals surface area contributed by atoms with Crippen LogP contribution < -0.4 is 10.6 Å². The van der Waals surface area contributed by atoms with E-state index in [-0.39, 0.29) is 28.6 Å². The van der Waals surface area contributed by atoms with E-state index >= 15 is 0 Å². The van der Waals surface area contributed by atoms with Crippen molar-refractivity contribution in [3.05, 3.63) is 29.0 Å². The van der Waals surface area contributed by atoms with E-state index in [4.69, 9.17) is 16.3 Å². The van der Waals surface area contributed by atoms with Crippen LogP contribution >= 0.6 is 11.6 Å². The van der Waals surface area contributed by atoms with E-state index in [1.54, 1.807) is 0 Å². The number of hydrogen-bond acceptors (Lipinski definition) is 4. The Bertz CT molecular complexity index is 809. The molecule has 1 aromatic carbocycles. The minimum Gasteiger partial charge on any atom is -0.454 e. The highest BCUT2D eigenvalue weighted by Crippen LogP contribution is 2.60. The maximum Gasteiger partial charge on any atom is 0.325 e. The zero-order valence-corrected chi connectivity index (χ0v) is 16.8. The summed E-state index contributed by atoms with van der Waals surface area (Å²) in [6, 6.07) is 3.76. The molecule has 0 saturated heterocycles. The molecule has 0 radical (unpaired) electrons. The van der Waals surface area contributed by atoms with Crippen LogP contribution in [0, 0.1) is 29.0 Å². The van der Waals surface area contributed by atoms with Gasteiger partial charge < -0.3 is 15.4 Å².